The maximum atomic E-state index is 13.3. The van der Waals surface area contributed by atoms with Crippen LogP contribution in [0.4, 0.5) is 5.69 Å². The summed E-state index contributed by atoms with van der Waals surface area (Å²) in [5.74, 6) is -0.209. The number of quaternary nitrogens is 1. The van der Waals surface area contributed by atoms with Gasteiger partial charge >= 0.3 is 5.91 Å². The molecule has 10 heteroatoms. The van der Waals surface area contributed by atoms with Crippen LogP contribution in [0.15, 0.2) is 39.2 Å². The van der Waals surface area contributed by atoms with Gasteiger partial charge in [0.25, 0.3) is 0 Å². The molecule has 0 saturated carbocycles. The Morgan fingerprint density at radius 3 is 2.55 bits per heavy atom. The fraction of sp³-hybridized carbons (Fsp3) is 0.429. The van der Waals surface area contributed by atoms with E-state index in [2.05, 4.69) is 41.4 Å². The molecule has 2 aliphatic rings. The second-order valence-corrected chi connectivity index (χ2v) is 11.5. The number of anilines is 1. The lowest BCUT2D eigenvalue weighted by Gasteiger charge is -2.36. The predicted molar refractivity (Wildman–Crippen MR) is 128 cm³/mol. The lowest BCUT2D eigenvalue weighted by Crippen LogP contribution is -3.00. The molecule has 31 heavy (non-hydrogen) atoms. The fourth-order valence-electron chi connectivity index (χ4n) is 4.23. The van der Waals surface area contributed by atoms with Crippen LogP contribution in [-0.2, 0) is 4.79 Å². The largest absolute Gasteiger partial charge is 1.00 e. The molecule has 1 N–H and O–H groups in total. The van der Waals surface area contributed by atoms with Gasteiger partial charge in [-0.1, -0.05) is 30.1 Å². The van der Waals surface area contributed by atoms with E-state index in [9.17, 15) is 4.79 Å². The molecule has 1 aromatic heterocycles. The summed E-state index contributed by atoms with van der Waals surface area (Å²) >= 11 is 17.8. The second kappa shape index (κ2) is 10.3. The number of hydrazone groups is 1. The summed E-state index contributed by atoms with van der Waals surface area (Å²) in [6.45, 7) is 3.94. The Kier molecular flexibility index (Phi) is 8.35. The molecule has 0 radical (unpaired) electrons. The van der Waals surface area contributed by atoms with Gasteiger partial charge in [0.05, 0.1) is 27.6 Å². The van der Waals surface area contributed by atoms with Gasteiger partial charge in [-0.3, -0.25) is 9.80 Å². The van der Waals surface area contributed by atoms with Gasteiger partial charge in [0.1, 0.15) is 18.8 Å². The van der Waals surface area contributed by atoms with Crippen molar-refractivity contribution in [1.82, 2.24) is 5.43 Å². The van der Waals surface area contributed by atoms with E-state index in [0.29, 0.717) is 20.3 Å². The van der Waals surface area contributed by atoms with Crippen LogP contribution in [0.2, 0.25) is 10.0 Å². The highest BCUT2D eigenvalue weighted by molar-refractivity contribution is 9.11. The standard InChI is InChI=1S/C21H23BrCl2N4OS.HI/c1-13-19(21(29)26-28(2)10-4-3-5-11-28)25-27(16-7-6-14(23)12-15(16)24)20(13)17-8-9-18(22)30-17;/h6-9,12-13,20H,3-5,10-11H2,1-2H3;1H/t13-,20-;/m0./s1. The molecular weight excluding hydrogens is 634 g/mol. The van der Waals surface area contributed by atoms with E-state index >= 15 is 0 Å². The molecule has 3 heterocycles. The van der Waals surface area contributed by atoms with Crippen molar-refractivity contribution in [3.63, 3.8) is 0 Å². The number of amides is 1. The Hall–Kier alpha value is -0.390. The van der Waals surface area contributed by atoms with Crippen LogP contribution in [0.1, 0.15) is 37.1 Å². The Bertz CT molecular complexity index is 996. The molecule has 0 bridgehead atoms. The van der Waals surface area contributed by atoms with Crippen molar-refractivity contribution in [2.75, 3.05) is 25.1 Å². The maximum absolute atomic E-state index is 13.3. The second-order valence-electron chi connectivity index (χ2n) is 8.15. The third kappa shape index (κ3) is 5.41. The van der Waals surface area contributed by atoms with E-state index in [1.807, 2.05) is 17.1 Å². The number of halogens is 4. The smallest absolute Gasteiger partial charge is 0.312 e. The van der Waals surface area contributed by atoms with Crippen molar-refractivity contribution in [3.8, 4) is 0 Å². The maximum Gasteiger partial charge on any atom is 0.312 e. The first-order chi connectivity index (χ1) is 14.3. The zero-order valence-electron chi connectivity index (χ0n) is 17.2. The van der Waals surface area contributed by atoms with Crippen molar-refractivity contribution >= 4 is 67.8 Å². The van der Waals surface area contributed by atoms with Crippen molar-refractivity contribution in [1.29, 1.82) is 0 Å². The van der Waals surface area contributed by atoms with E-state index in [0.717, 1.165) is 40.3 Å². The molecule has 2 atom stereocenters. The van der Waals surface area contributed by atoms with Crippen LogP contribution in [0.25, 0.3) is 0 Å². The number of benzene rings is 1. The molecule has 1 amide bonds. The van der Waals surface area contributed by atoms with E-state index in [4.69, 9.17) is 28.3 Å². The molecule has 5 nitrogen and oxygen atoms in total. The Morgan fingerprint density at radius 2 is 1.94 bits per heavy atom. The third-order valence-electron chi connectivity index (χ3n) is 5.83. The highest BCUT2D eigenvalue weighted by Crippen LogP contribution is 2.44. The quantitative estimate of drug-likeness (QED) is 0.406. The summed E-state index contributed by atoms with van der Waals surface area (Å²) in [6.07, 6.45) is 3.47. The zero-order chi connectivity index (χ0) is 21.5. The highest BCUT2D eigenvalue weighted by Gasteiger charge is 2.42. The van der Waals surface area contributed by atoms with Gasteiger partial charge in [-0.25, -0.2) is 4.59 Å². The minimum Gasteiger partial charge on any atom is -1.00 e. The van der Waals surface area contributed by atoms with Crippen molar-refractivity contribution in [3.05, 3.63) is 49.0 Å². The molecule has 1 fully saturated rings. The molecule has 0 spiro atoms. The van der Waals surface area contributed by atoms with Gasteiger partial charge in [0, 0.05) is 15.8 Å². The van der Waals surface area contributed by atoms with Gasteiger partial charge in [-0.2, -0.15) is 10.5 Å². The zero-order valence-corrected chi connectivity index (χ0v) is 23.3. The van der Waals surface area contributed by atoms with Gasteiger partial charge in [0.2, 0.25) is 0 Å². The molecule has 1 aromatic carbocycles. The SMILES string of the molecule is C[C@H]1C(C(=O)N[N+]2(C)CCCCC2)=NN(c2ccc(Cl)cc2Cl)[C@@H]1c1ccc(Br)s1.[I-]. The van der Waals surface area contributed by atoms with Crippen LogP contribution >= 0.6 is 50.5 Å². The normalized spacial score (nSPS) is 22.6. The van der Waals surface area contributed by atoms with E-state index in [1.165, 1.54) is 6.42 Å². The molecule has 0 unspecified atom stereocenters. The molecule has 4 rings (SSSR count). The number of hydrogen-bond acceptors (Lipinski definition) is 4. The number of carbonyl (C=O) groups excluding carboxylic acids is 1. The summed E-state index contributed by atoms with van der Waals surface area (Å²) in [5.41, 5.74) is 4.49. The molecule has 168 valence electrons. The van der Waals surface area contributed by atoms with Gasteiger partial charge in [-0.15, -0.1) is 11.3 Å². The van der Waals surface area contributed by atoms with Crippen molar-refractivity contribution in [2.45, 2.75) is 32.2 Å². The lowest BCUT2D eigenvalue weighted by atomic mass is 9.95. The minimum atomic E-state index is -0.118. The summed E-state index contributed by atoms with van der Waals surface area (Å²) in [6, 6.07) is 9.33. The van der Waals surface area contributed by atoms with E-state index in [1.54, 1.807) is 23.5 Å². The highest BCUT2D eigenvalue weighted by atomic mass is 127. The summed E-state index contributed by atoms with van der Waals surface area (Å²) in [5, 5.41) is 7.73. The number of carbonyl (C=O) groups is 1. The molecule has 0 aliphatic carbocycles. The van der Waals surface area contributed by atoms with Crippen molar-refractivity contribution in [2.24, 2.45) is 11.0 Å². The number of nitrogens with zero attached hydrogens (tertiary/aromatic N) is 3. The fourth-order valence-corrected chi connectivity index (χ4v) is 6.34. The van der Waals surface area contributed by atoms with Crippen LogP contribution in [-0.4, -0.2) is 36.3 Å². The summed E-state index contributed by atoms with van der Waals surface area (Å²) in [4.78, 5) is 14.4. The number of nitrogens with one attached hydrogen (secondary N) is 1. The van der Waals surface area contributed by atoms with Crippen LogP contribution in [0, 0.1) is 5.92 Å². The Labute approximate surface area is 222 Å². The summed E-state index contributed by atoms with van der Waals surface area (Å²) in [7, 11) is 2.08. The van der Waals surface area contributed by atoms with Gasteiger partial charge < -0.3 is 24.0 Å². The molecule has 2 aromatic rings. The first kappa shape index (κ1) is 25.2. The number of rotatable bonds is 4. The van der Waals surface area contributed by atoms with Gasteiger partial charge in [-0.05, 0) is 65.5 Å². The monoisotopic (exact) mass is 656 g/mol. The molecular formula is C21H24BrCl2IN4OS. The van der Waals surface area contributed by atoms with Crippen molar-refractivity contribution < 1.29 is 33.4 Å². The number of likely N-dealkylation sites (tertiary alicyclic amines) is 1. The first-order valence-electron chi connectivity index (χ1n) is 10.0. The van der Waals surface area contributed by atoms with Gasteiger partial charge in [0.15, 0.2) is 0 Å². The average Bonchev–Trinajstić information content (AvgIpc) is 3.25. The topological polar surface area (TPSA) is 44.7 Å². The Morgan fingerprint density at radius 1 is 1.23 bits per heavy atom. The number of hydrogen-bond donors (Lipinski definition) is 1. The summed E-state index contributed by atoms with van der Waals surface area (Å²) < 4.78 is 1.60. The van der Waals surface area contributed by atoms with E-state index in [-0.39, 0.29) is 41.8 Å². The van der Waals surface area contributed by atoms with Crippen LogP contribution in [0.3, 0.4) is 0 Å². The van der Waals surface area contributed by atoms with Crippen LogP contribution in [0.5, 0.6) is 0 Å². The Balaban J connectivity index is 0.00000272. The lowest BCUT2D eigenvalue weighted by molar-refractivity contribution is -0.947. The molecule has 2 aliphatic heterocycles. The van der Waals surface area contributed by atoms with Crippen LogP contribution < -0.4 is 34.4 Å². The molecule has 1 saturated heterocycles. The van der Waals surface area contributed by atoms with E-state index < -0.39 is 0 Å². The minimum absolute atomic E-state index is 0. The predicted octanol–water partition coefficient (Wildman–Crippen LogP) is 3.04. The number of thiophene rings is 1. The number of piperidine rings is 1. The third-order valence-corrected chi connectivity index (χ3v) is 8.07. The average molecular weight is 658 g/mol. The first-order valence-corrected chi connectivity index (χ1v) is 12.4.